The van der Waals surface area contributed by atoms with E-state index in [1.165, 1.54) is 6.07 Å². The molecule has 0 spiro atoms. The maximum atomic E-state index is 12.8. The Hall–Kier alpha value is -2.61. The summed E-state index contributed by atoms with van der Waals surface area (Å²) < 4.78 is 26.7. The van der Waals surface area contributed by atoms with E-state index in [0.717, 1.165) is 35.4 Å². The highest BCUT2D eigenvalue weighted by Gasteiger charge is 2.36. The van der Waals surface area contributed by atoms with Crippen LogP contribution in [0.1, 0.15) is 25.7 Å². The molecular weight excluding hydrogens is 354 g/mol. The molecule has 1 heterocycles. The van der Waals surface area contributed by atoms with Crippen LogP contribution >= 0.6 is 0 Å². The molecule has 0 bridgehead atoms. The topological polar surface area (TPSA) is 95.6 Å². The summed E-state index contributed by atoms with van der Waals surface area (Å²) in [7, 11) is -3.81. The van der Waals surface area contributed by atoms with E-state index in [9.17, 15) is 18.0 Å². The summed E-state index contributed by atoms with van der Waals surface area (Å²) in [5.41, 5.74) is 0.462. The van der Waals surface area contributed by atoms with Gasteiger partial charge in [-0.1, -0.05) is 37.1 Å². The van der Waals surface area contributed by atoms with Gasteiger partial charge in [0.05, 0.1) is 10.6 Å². The largest absolute Gasteiger partial charge is 0.335 e. The third kappa shape index (κ3) is 2.80. The van der Waals surface area contributed by atoms with Crippen LogP contribution in [0.15, 0.2) is 41.3 Å². The lowest BCUT2D eigenvalue weighted by atomic mass is 10.1. The Kier molecular flexibility index (Phi) is 4.07. The molecule has 1 aliphatic carbocycles. The molecule has 2 aromatic rings. The highest BCUT2D eigenvalue weighted by atomic mass is 32.2. The van der Waals surface area contributed by atoms with Crippen molar-refractivity contribution < 1.29 is 18.0 Å². The lowest BCUT2D eigenvalue weighted by molar-refractivity contribution is -0.118. The average molecular weight is 373 g/mol. The minimum atomic E-state index is -3.81. The van der Waals surface area contributed by atoms with Crippen molar-refractivity contribution in [2.75, 3.05) is 10.8 Å². The van der Waals surface area contributed by atoms with E-state index in [1.54, 1.807) is 18.2 Å². The number of urea groups is 1. The molecule has 2 aromatic carbocycles. The van der Waals surface area contributed by atoms with Crippen molar-refractivity contribution in [3.63, 3.8) is 0 Å². The molecule has 2 aliphatic rings. The average Bonchev–Trinajstić information content (AvgIpc) is 3.17. The monoisotopic (exact) mass is 373 g/mol. The van der Waals surface area contributed by atoms with Crippen LogP contribution in [0.4, 0.5) is 10.5 Å². The Morgan fingerprint density at radius 1 is 1.08 bits per heavy atom. The summed E-state index contributed by atoms with van der Waals surface area (Å²) in [5, 5.41) is 6.39. The van der Waals surface area contributed by atoms with Crippen molar-refractivity contribution in [3.8, 4) is 0 Å². The highest BCUT2D eigenvalue weighted by molar-refractivity contribution is 7.93. The predicted molar refractivity (Wildman–Crippen MR) is 97.4 cm³/mol. The molecular formula is C18H19N3O4S. The SMILES string of the molecule is O=C(CN1c2cccc3cccc(c23)S1(=O)=O)NC(=O)NC1CCCC1. The lowest BCUT2D eigenvalue weighted by Gasteiger charge is -2.18. The molecule has 0 radical (unpaired) electrons. The van der Waals surface area contributed by atoms with Gasteiger partial charge in [-0.3, -0.25) is 14.4 Å². The van der Waals surface area contributed by atoms with Crippen LogP contribution in [0.2, 0.25) is 0 Å². The lowest BCUT2D eigenvalue weighted by Crippen LogP contribution is -2.47. The first-order valence-corrected chi connectivity index (χ1v) is 10.1. The molecule has 2 N–H and O–H groups in total. The molecule has 0 aromatic heterocycles. The molecule has 8 heteroatoms. The van der Waals surface area contributed by atoms with Gasteiger partial charge in [-0.05, 0) is 30.4 Å². The van der Waals surface area contributed by atoms with E-state index in [0.29, 0.717) is 11.1 Å². The van der Waals surface area contributed by atoms with E-state index in [-0.39, 0.29) is 10.9 Å². The Labute approximate surface area is 151 Å². The van der Waals surface area contributed by atoms with E-state index in [2.05, 4.69) is 10.6 Å². The van der Waals surface area contributed by atoms with Gasteiger partial charge in [0.25, 0.3) is 10.0 Å². The van der Waals surface area contributed by atoms with E-state index < -0.39 is 28.5 Å². The van der Waals surface area contributed by atoms with Crippen molar-refractivity contribution in [3.05, 3.63) is 36.4 Å². The standard InChI is InChI=1S/C18H19N3O4S/c22-16(20-18(23)19-13-7-1-2-8-13)11-21-14-9-3-5-12-6-4-10-15(17(12)14)26(21,24)25/h3-6,9-10,13H,1-2,7-8,11H2,(H2,19,20,22,23). The van der Waals surface area contributed by atoms with Crippen LogP contribution in [0, 0.1) is 0 Å². The maximum absolute atomic E-state index is 12.8. The normalized spacial score (nSPS) is 18.2. The first-order valence-electron chi connectivity index (χ1n) is 8.61. The van der Waals surface area contributed by atoms with Crippen molar-refractivity contribution in [1.29, 1.82) is 0 Å². The minimum absolute atomic E-state index is 0.0799. The van der Waals surface area contributed by atoms with Gasteiger partial charge in [-0.15, -0.1) is 0 Å². The first-order chi connectivity index (χ1) is 12.5. The Balaban J connectivity index is 1.52. The van der Waals surface area contributed by atoms with Crippen LogP contribution in [0.3, 0.4) is 0 Å². The maximum Gasteiger partial charge on any atom is 0.321 e. The third-order valence-electron chi connectivity index (χ3n) is 4.91. The number of nitrogens with zero attached hydrogens (tertiary/aromatic N) is 1. The number of hydrogen-bond donors (Lipinski definition) is 2. The fourth-order valence-electron chi connectivity index (χ4n) is 3.72. The van der Waals surface area contributed by atoms with Gasteiger partial charge in [0, 0.05) is 11.4 Å². The number of sulfonamides is 1. The number of nitrogens with one attached hydrogen (secondary N) is 2. The zero-order valence-electron chi connectivity index (χ0n) is 14.1. The van der Waals surface area contributed by atoms with Crippen molar-refractivity contribution in [1.82, 2.24) is 10.6 Å². The summed E-state index contributed by atoms with van der Waals surface area (Å²) >= 11 is 0. The second-order valence-corrected chi connectivity index (χ2v) is 8.48. The summed E-state index contributed by atoms with van der Waals surface area (Å²) in [6.07, 6.45) is 3.93. The number of imide groups is 1. The number of carbonyl (C=O) groups is 2. The molecule has 136 valence electrons. The summed E-state index contributed by atoms with van der Waals surface area (Å²) in [4.78, 5) is 24.4. The second-order valence-electron chi connectivity index (χ2n) is 6.65. The van der Waals surface area contributed by atoms with E-state index in [1.807, 2.05) is 12.1 Å². The Morgan fingerprint density at radius 3 is 2.50 bits per heavy atom. The summed E-state index contributed by atoms with van der Waals surface area (Å²) in [6, 6.07) is 9.80. The summed E-state index contributed by atoms with van der Waals surface area (Å²) in [5.74, 6) is -0.658. The van der Waals surface area contributed by atoms with Crippen LogP contribution < -0.4 is 14.9 Å². The van der Waals surface area contributed by atoms with Crippen molar-refractivity contribution >= 4 is 38.4 Å². The molecule has 26 heavy (non-hydrogen) atoms. The van der Waals surface area contributed by atoms with Gasteiger partial charge in [-0.25, -0.2) is 13.2 Å². The first kappa shape index (κ1) is 16.8. The number of benzene rings is 2. The zero-order chi connectivity index (χ0) is 18.3. The Morgan fingerprint density at radius 2 is 1.77 bits per heavy atom. The quantitative estimate of drug-likeness (QED) is 0.861. The third-order valence-corrected chi connectivity index (χ3v) is 6.71. The van der Waals surface area contributed by atoms with Gasteiger partial charge in [0.2, 0.25) is 5.91 Å². The molecule has 3 amide bonds. The fraction of sp³-hybridized carbons (Fsp3) is 0.333. The number of amides is 3. The predicted octanol–water partition coefficient (Wildman–Crippen LogP) is 2.12. The van der Waals surface area contributed by atoms with Crippen molar-refractivity contribution in [2.24, 2.45) is 0 Å². The minimum Gasteiger partial charge on any atom is -0.335 e. The van der Waals surface area contributed by atoms with Gasteiger partial charge in [0.1, 0.15) is 6.54 Å². The molecule has 0 saturated heterocycles. The van der Waals surface area contributed by atoms with Crippen LogP contribution in [0.25, 0.3) is 10.8 Å². The molecule has 0 atom stereocenters. The number of anilines is 1. The number of hydrogen-bond acceptors (Lipinski definition) is 4. The second kappa shape index (κ2) is 6.28. The molecule has 0 unspecified atom stereocenters. The van der Waals surface area contributed by atoms with Crippen LogP contribution in [-0.2, 0) is 14.8 Å². The smallest absolute Gasteiger partial charge is 0.321 e. The molecule has 7 nitrogen and oxygen atoms in total. The van der Waals surface area contributed by atoms with Crippen LogP contribution in [-0.4, -0.2) is 32.9 Å². The Bertz CT molecular complexity index is 991. The van der Waals surface area contributed by atoms with Gasteiger partial charge in [-0.2, -0.15) is 0 Å². The van der Waals surface area contributed by atoms with Gasteiger partial charge in [0.15, 0.2) is 0 Å². The molecule has 1 saturated carbocycles. The molecule has 4 rings (SSSR count). The van der Waals surface area contributed by atoms with Crippen molar-refractivity contribution in [2.45, 2.75) is 36.6 Å². The molecule has 1 aliphatic heterocycles. The molecule has 1 fully saturated rings. The van der Waals surface area contributed by atoms with E-state index in [4.69, 9.17) is 0 Å². The van der Waals surface area contributed by atoms with E-state index >= 15 is 0 Å². The number of carbonyl (C=O) groups excluding carboxylic acids is 2. The van der Waals surface area contributed by atoms with Gasteiger partial charge < -0.3 is 5.32 Å². The zero-order valence-corrected chi connectivity index (χ0v) is 14.9. The highest BCUT2D eigenvalue weighted by Crippen LogP contribution is 2.41. The number of rotatable bonds is 3. The summed E-state index contributed by atoms with van der Waals surface area (Å²) in [6.45, 7) is -0.436. The van der Waals surface area contributed by atoms with Gasteiger partial charge >= 0.3 is 6.03 Å². The fourth-order valence-corrected chi connectivity index (χ4v) is 5.38. The van der Waals surface area contributed by atoms with Crippen LogP contribution in [0.5, 0.6) is 0 Å².